The molecule has 1 aliphatic carbocycles. The van der Waals surface area contributed by atoms with E-state index < -0.39 is 16.9 Å². The summed E-state index contributed by atoms with van der Waals surface area (Å²) in [5.41, 5.74) is 5.06. The molecule has 0 bridgehead atoms. The number of nitrogens with one attached hydrogen (secondary N) is 3. The molecule has 2 aromatic rings. The van der Waals surface area contributed by atoms with Crippen LogP contribution in [0.1, 0.15) is 53.4 Å². The van der Waals surface area contributed by atoms with Gasteiger partial charge in [0, 0.05) is 13.1 Å². The first-order chi connectivity index (χ1) is 15.1. The molecule has 32 heavy (non-hydrogen) atoms. The molecule has 0 radical (unpaired) electrons. The summed E-state index contributed by atoms with van der Waals surface area (Å²) in [6, 6.07) is 9.35. The minimum absolute atomic E-state index is 0.0719. The Morgan fingerprint density at radius 3 is 2.72 bits per heavy atom. The second kappa shape index (κ2) is 8.05. The van der Waals surface area contributed by atoms with Crippen molar-refractivity contribution in [3.05, 3.63) is 34.7 Å². The van der Waals surface area contributed by atoms with E-state index in [1.807, 2.05) is 0 Å². The Labute approximate surface area is 189 Å². The molecule has 2 fully saturated rings. The third-order valence-electron chi connectivity index (χ3n) is 6.90. The molecule has 1 aromatic carbocycles. The van der Waals surface area contributed by atoms with Crippen LogP contribution in [0, 0.1) is 23.5 Å². The highest BCUT2D eigenvalue weighted by Crippen LogP contribution is 2.56. The number of aromatic amines is 1. The lowest BCUT2D eigenvalue weighted by Gasteiger charge is -2.40. The van der Waals surface area contributed by atoms with Gasteiger partial charge in [0.25, 0.3) is 0 Å². The summed E-state index contributed by atoms with van der Waals surface area (Å²) in [7, 11) is 0. The molecule has 1 amide bonds. The third-order valence-corrected chi connectivity index (χ3v) is 6.90. The Morgan fingerprint density at radius 1 is 1.38 bits per heavy atom. The van der Waals surface area contributed by atoms with Gasteiger partial charge in [-0.3, -0.25) is 4.79 Å². The molecule has 5 N–H and O–H groups in total. The highest BCUT2D eigenvalue weighted by atomic mass is 16.2. The van der Waals surface area contributed by atoms with Crippen LogP contribution >= 0.6 is 0 Å². The van der Waals surface area contributed by atoms with Crippen LogP contribution in [0.4, 0.5) is 5.82 Å². The van der Waals surface area contributed by atoms with Crippen LogP contribution in [0.15, 0.2) is 16.9 Å². The minimum Gasteiger partial charge on any atom is -0.354 e. The maximum Gasteiger partial charge on any atom is 0.347 e. The van der Waals surface area contributed by atoms with Gasteiger partial charge in [0.2, 0.25) is 5.91 Å². The van der Waals surface area contributed by atoms with Gasteiger partial charge in [-0.25, -0.2) is 4.79 Å². The van der Waals surface area contributed by atoms with Crippen molar-refractivity contribution in [1.29, 1.82) is 0 Å². The molecule has 2 unspecified atom stereocenters. The molecule has 0 spiro atoms. The van der Waals surface area contributed by atoms with Gasteiger partial charge in [-0.2, -0.15) is 4.98 Å². The molecule has 2 aliphatic rings. The molecule has 1 aliphatic heterocycles. The molecule has 4 rings (SSSR count). The first-order valence-corrected chi connectivity index (χ1v) is 11.5. The van der Waals surface area contributed by atoms with Gasteiger partial charge < -0.3 is 26.3 Å². The number of amides is 1. The topological polar surface area (TPSA) is 116 Å². The zero-order chi connectivity index (χ0) is 23.1. The van der Waals surface area contributed by atoms with Gasteiger partial charge in [-0.1, -0.05) is 39.8 Å². The average Bonchev–Trinajstić information content (AvgIpc) is 3.46. The maximum atomic E-state index is 13.7. The van der Waals surface area contributed by atoms with Crippen molar-refractivity contribution in [1.82, 2.24) is 20.2 Å². The van der Waals surface area contributed by atoms with Crippen molar-refractivity contribution in [3.8, 4) is 0 Å². The Morgan fingerprint density at radius 2 is 2.09 bits per heavy atom. The van der Waals surface area contributed by atoms with E-state index >= 15 is 0 Å². The minimum atomic E-state index is -0.872. The normalized spacial score (nSPS) is 25.2. The number of fused-ring (bicyclic) bond motifs is 1. The van der Waals surface area contributed by atoms with E-state index in [4.69, 9.17) is 5.73 Å². The van der Waals surface area contributed by atoms with Crippen LogP contribution < -0.4 is 22.1 Å². The van der Waals surface area contributed by atoms with E-state index in [1.54, 1.807) is 12.1 Å². The summed E-state index contributed by atoms with van der Waals surface area (Å²) in [6.45, 7) is 11.3. The van der Waals surface area contributed by atoms with Crippen LogP contribution in [0.25, 0.3) is 10.9 Å². The number of hydrogen-bond acceptors (Lipinski definition) is 6. The van der Waals surface area contributed by atoms with Crippen LogP contribution in [0.3, 0.4) is 0 Å². The Hall–Kier alpha value is -2.63. The van der Waals surface area contributed by atoms with Crippen LogP contribution in [0.5, 0.6) is 0 Å². The van der Waals surface area contributed by atoms with Crippen molar-refractivity contribution < 1.29 is 4.79 Å². The monoisotopic (exact) mass is 438 g/mol. The predicted molar refractivity (Wildman–Crippen MR) is 125 cm³/mol. The lowest BCUT2D eigenvalue weighted by Crippen LogP contribution is -2.64. The highest BCUT2D eigenvalue weighted by molar-refractivity contribution is 5.97. The summed E-state index contributed by atoms with van der Waals surface area (Å²) >= 11 is 0. The number of anilines is 1. The molecule has 8 heteroatoms. The summed E-state index contributed by atoms with van der Waals surface area (Å²) in [6.07, 6.45) is 3.18. The predicted octanol–water partition coefficient (Wildman–Crippen LogP) is 2.02. The van der Waals surface area contributed by atoms with Gasteiger partial charge in [0.1, 0.15) is 5.54 Å². The summed E-state index contributed by atoms with van der Waals surface area (Å²) in [5.74, 6) is 0.299. The zero-order valence-electron chi connectivity index (χ0n) is 19.5. The number of hydrogen-bond donors (Lipinski definition) is 4. The number of carbonyl (C=O) groups is 1. The number of piperidine rings is 1. The quantitative estimate of drug-likeness (QED) is 0.513. The van der Waals surface area contributed by atoms with E-state index in [-0.39, 0.29) is 17.2 Å². The van der Waals surface area contributed by atoms with Crippen LogP contribution in [-0.2, 0) is 4.79 Å². The fourth-order valence-electron chi connectivity index (χ4n) is 4.99. The van der Waals surface area contributed by atoms with Crippen molar-refractivity contribution in [2.45, 2.75) is 64.6 Å². The van der Waals surface area contributed by atoms with Crippen LogP contribution in [0.2, 0.25) is 0 Å². The molecular formula is C24H34N6O2. The van der Waals surface area contributed by atoms with E-state index in [2.05, 4.69) is 65.3 Å². The first kappa shape index (κ1) is 22.6. The zero-order valence-corrected chi connectivity index (χ0v) is 19.5. The van der Waals surface area contributed by atoms with Crippen molar-refractivity contribution in [3.63, 3.8) is 0 Å². The molecular weight excluding hydrogens is 404 g/mol. The van der Waals surface area contributed by atoms with E-state index in [9.17, 15) is 9.59 Å². The number of likely N-dealkylation sites (tertiary alicyclic amines) is 1. The molecule has 2 heterocycles. The van der Waals surface area contributed by atoms with E-state index in [1.165, 1.54) is 0 Å². The van der Waals surface area contributed by atoms with Gasteiger partial charge in [0.15, 0.2) is 5.82 Å². The smallest absolute Gasteiger partial charge is 0.347 e. The molecule has 1 saturated heterocycles. The number of H-pyrrole nitrogens is 1. The molecule has 8 nitrogen and oxygen atoms in total. The Kier molecular flexibility index (Phi) is 5.68. The van der Waals surface area contributed by atoms with Gasteiger partial charge in [-0.05, 0) is 55.7 Å². The van der Waals surface area contributed by atoms with Gasteiger partial charge >= 0.3 is 5.69 Å². The molecule has 2 atom stereocenters. The maximum absolute atomic E-state index is 13.7. The number of rotatable bonds is 6. The standard InChI is InChI=1S/C24H34N6O2/c1-5-12-30-13-10-23(25,11-14-30)29-20(31)24(15-18(24)22(2,3)4)28-19-16-8-6-7-9-17(16)26-21(32)27-19/h7,9,18H,5,10-15,25H2,1-4H3,(H,29,31)(H2,26,27,28,32). The fraction of sp³-hybridized carbons (Fsp3) is 0.625. The molecule has 1 aromatic heterocycles. The van der Waals surface area contributed by atoms with Gasteiger partial charge in [-0.15, -0.1) is 0 Å². The van der Waals surface area contributed by atoms with Crippen molar-refractivity contribution in [2.75, 3.05) is 25.0 Å². The lowest BCUT2D eigenvalue weighted by molar-refractivity contribution is -0.126. The van der Waals surface area contributed by atoms with E-state index in [0.717, 1.165) is 26.1 Å². The number of carbonyl (C=O) groups excluding carboxylic acids is 1. The number of aromatic nitrogens is 2. The average molecular weight is 439 g/mol. The van der Waals surface area contributed by atoms with Crippen LogP contribution in [-0.4, -0.2) is 51.6 Å². The summed E-state index contributed by atoms with van der Waals surface area (Å²) in [4.78, 5) is 35.1. The number of nitrogens with zero attached hydrogens (tertiary/aromatic N) is 2. The molecule has 172 valence electrons. The second-order valence-corrected chi connectivity index (χ2v) is 10.5. The summed E-state index contributed by atoms with van der Waals surface area (Å²) < 4.78 is 0. The Balaban J connectivity index is 1.60. The highest BCUT2D eigenvalue weighted by Gasteiger charge is 2.65. The Bertz CT molecular complexity index is 1050. The molecule has 1 saturated carbocycles. The third kappa shape index (κ3) is 4.32. The van der Waals surface area contributed by atoms with Gasteiger partial charge in [0.05, 0.1) is 16.6 Å². The SMILES string of the molecule is CCCN1CCC(N)(NC(=O)C2(Nc3nc(=O)[nH]c4ccc#cc34)CC2C(C)(C)C)CC1. The van der Waals surface area contributed by atoms with Crippen molar-refractivity contribution >= 4 is 22.6 Å². The fourth-order valence-corrected chi connectivity index (χ4v) is 4.99. The van der Waals surface area contributed by atoms with Crippen molar-refractivity contribution in [2.24, 2.45) is 17.1 Å². The number of nitrogens with two attached hydrogens (primary N) is 1. The first-order valence-electron chi connectivity index (χ1n) is 11.5. The van der Waals surface area contributed by atoms with E-state index in [0.29, 0.717) is 36.0 Å². The second-order valence-electron chi connectivity index (χ2n) is 10.5. The summed E-state index contributed by atoms with van der Waals surface area (Å²) in [5, 5.41) is 7.11. The largest absolute Gasteiger partial charge is 0.354 e. The lowest BCUT2D eigenvalue weighted by atomic mass is 9.86.